The average Bonchev–Trinajstić information content (AvgIpc) is 3.13. The lowest BCUT2D eigenvalue weighted by Gasteiger charge is -2.43. The highest BCUT2D eigenvalue weighted by Crippen LogP contribution is 2.49. The number of nitrogens with zero attached hydrogens (tertiary/aromatic N) is 2. The van der Waals surface area contributed by atoms with Gasteiger partial charge in [0, 0.05) is 25.5 Å². The summed E-state index contributed by atoms with van der Waals surface area (Å²) >= 11 is 0. The van der Waals surface area contributed by atoms with Gasteiger partial charge in [-0.15, -0.1) is 0 Å². The first-order valence-corrected chi connectivity index (χ1v) is 10.7. The second-order valence-electron chi connectivity index (χ2n) is 9.34. The monoisotopic (exact) mass is 463 g/mol. The zero-order chi connectivity index (χ0) is 24.0. The molecular formula is C24H25F4N3O2. The van der Waals surface area contributed by atoms with E-state index in [1.807, 2.05) is 0 Å². The van der Waals surface area contributed by atoms with Crippen molar-refractivity contribution < 1.29 is 27.1 Å². The molecule has 176 valence electrons. The summed E-state index contributed by atoms with van der Waals surface area (Å²) in [5.74, 6) is -0.474. The van der Waals surface area contributed by atoms with Gasteiger partial charge in [0.15, 0.2) is 5.82 Å². The number of pyridine rings is 1. The van der Waals surface area contributed by atoms with Crippen LogP contribution in [0.25, 0.3) is 22.2 Å². The van der Waals surface area contributed by atoms with E-state index >= 15 is 0 Å². The maximum atomic E-state index is 14.3. The third kappa shape index (κ3) is 4.28. The number of carbonyl (C=O) groups is 1. The summed E-state index contributed by atoms with van der Waals surface area (Å²) in [6, 6.07) is 7.67. The highest BCUT2D eigenvalue weighted by atomic mass is 19.4. The molecule has 0 atom stereocenters. The molecule has 1 aliphatic rings. The number of aromatic amines is 1. The molecule has 1 fully saturated rings. The van der Waals surface area contributed by atoms with Crippen LogP contribution in [0.15, 0.2) is 42.7 Å². The van der Waals surface area contributed by atoms with Gasteiger partial charge < -0.3 is 14.6 Å². The van der Waals surface area contributed by atoms with Gasteiger partial charge in [-0.3, -0.25) is 0 Å². The largest absolute Gasteiger partial charge is 0.444 e. The van der Waals surface area contributed by atoms with Gasteiger partial charge >= 0.3 is 12.3 Å². The van der Waals surface area contributed by atoms with Crippen LogP contribution in [0.2, 0.25) is 0 Å². The van der Waals surface area contributed by atoms with Gasteiger partial charge in [-0.05, 0) is 56.4 Å². The van der Waals surface area contributed by atoms with Crippen molar-refractivity contribution in [1.29, 1.82) is 0 Å². The Labute approximate surface area is 188 Å². The highest BCUT2D eigenvalue weighted by molar-refractivity contribution is 5.93. The number of halogens is 4. The molecule has 4 rings (SSSR count). The molecule has 0 unspecified atom stereocenters. The highest BCUT2D eigenvalue weighted by Gasteiger charge is 2.57. The molecule has 1 amide bonds. The summed E-state index contributed by atoms with van der Waals surface area (Å²) in [6.45, 7) is 5.02. The van der Waals surface area contributed by atoms with E-state index in [0.29, 0.717) is 22.2 Å². The van der Waals surface area contributed by atoms with Gasteiger partial charge in [0.25, 0.3) is 0 Å². The summed E-state index contributed by atoms with van der Waals surface area (Å²) in [4.78, 5) is 20.5. The van der Waals surface area contributed by atoms with E-state index in [-0.39, 0.29) is 31.5 Å². The zero-order valence-corrected chi connectivity index (χ0v) is 18.6. The van der Waals surface area contributed by atoms with Crippen LogP contribution in [0.5, 0.6) is 0 Å². The summed E-state index contributed by atoms with van der Waals surface area (Å²) in [5.41, 5.74) is -1.16. The van der Waals surface area contributed by atoms with Crippen molar-refractivity contribution in [2.75, 3.05) is 13.1 Å². The van der Waals surface area contributed by atoms with E-state index in [2.05, 4.69) is 9.97 Å². The van der Waals surface area contributed by atoms with Crippen molar-refractivity contribution in [3.63, 3.8) is 0 Å². The predicted octanol–water partition coefficient (Wildman–Crippen LogP) is 6.20. The van der Waals surface area contributed by atoms with Crippen LogP contribution in [-0.2, 0) is 10.2 Å². The number of H-pyrrole nitrogens is 1. The van der Waals surface area contributed by atoms with Crippen LogP contribution in [0, 0.1) is 5.82 Å². The Kier molecular flexibility index (Phi) is 5.62. The topological polar surface area (TPSA) is 58.2 Å². The van der Waals surface area contributed by atoms with Crippen molar-refractivity contribution in [3.8, 4) is 11.1 Å². The minimum atomic E-state index is -4.49. The van der Waals surface area contributed by atoms with E-state index in [4.69, 9.17) is 4.74 Å². The van der Waals surface area contributed by atoms with Crippen molar-refractivity contribution in [2.45, 2.75) is 50.8 Å². The fraction of sp³-hybridized carbons (Fsp3) is 0.417. The molecule has 33 heavy (non-hydrogen) atoms. The molecule has 5 nitrogen and oxygen atoms in total. The standard InChI is InChI=1S/C24H25F4N3O2/c1-22(2,3)33-21(32)31-12-9-23(10-13-31,24(26,27)28)16-6-4-15(5-7-16)17-8-11-29-20-19(17)18(25)14-30-20/h4-8,11,14H,9-10,12-13H2,1-3H3,(H,29,30). The molecule has 0 saturated carbocycles. The average molecular weight is 463 g/mol. The van der Waals surface area contributed by atoms with Gasteiger partial charge in [0.2, 0.25) is 0 Å². The molecule has 0 aliphatic carbocycles. The summed E-state index contributed by atoms with van der Waals surface area (Å²) in [5, 5.41) is 0.293. The number of fused-ring (bicyclic) bond motifs is 1. The van der Waals surface area contributed by atoms with Gasteiger partial charge in [-0.25, -0.2) is 14.2 Å². The number of hydrogen-bond acceptors (Lipinski definition) is 3. The van der Waals surface area contributed by atoms with Crippen LogP contribution in [0.3, 0.4) is 0 Å². The minimum absolute atomic E-state index is 0.0598. The van der Waals surface area contributed by atoms with Crippen LogP contribution in [0.4, 0.5) is 22.4 Å². The number of amides is 1. The van der Waals surface area contributed by atoms with Crippen molar-refractivity contribution in [1.82, 2.24) is 14.9 Å². The van der Waals surface area contributed by atoms with Gasteiger partial charge in [0.05, 0.1) is 10.8 Å². The third-order valence-electron chi connectivity index (χ3n) is 6.09. The molecule has 9 heteroatoms. The number of nitrogens with one attached hydrogen (secondary N) is 1. The number of carbonyl (C=O) groups excluding carboxylic acids is 1. The second kappa shape index (κ2) is 8.04. The SMILES string of the molecule is CC(C)(C)OC(=O)N1CCC(c2ccc(-c3ccnc4[nH]cc(F)c34)cc2)(C(F)(F)F)CC1. The van der Waals surface area contributed by atoms with Gasteiger partial charge in [-0.2, -0.15) is 13.2 Å². The number of aromatic nitrogens is 2. The first-order chi connectivity index (χ1) is 15.4. The van der Waals surface area contributed by atoms with E-state index in [1.54, 1.807) is 39.0 Å². The van der Waals surface area contributed by atoms with Crippen LogP contribution < -0.4 is 0 Å². The Morgan fingerprint density at radius 1 is 1.09 bits per heavy atom. The number of hydrogen-bond donors (Lipinski definition) is 1. The fourth-order valence-corrected chi connectivity index (χ4v) is 4.36. The Hall–Kier alpha value is -3.10. The molecule has 3 heterocycles. The van der Waals surface area contributed by atoms with Gasteiger partial charge in [-0.1, -0.05) is 24.3 Å². The number of piperidine rings is 1. The first-order valence-electron chi connectivity index (χ1n) is 10.7. The Bertz CT molecular complexity index is 1160. The number of ether oxygens (including phenoxy) is 1. The van der Waals surface area contributed by atoms with E-state index in [1.165, 1.54) is 29.4 Å². The minimum Gasteiger partial charge on any atom is -0.444 e. The maximum absolute atomic E-state index is 14.3. The van der Waals surface area contributed by atoms with Crippen molar-refractivity contribution >= 4 is 17.1 Å². The molecule has 0 radical (unpaired) electrons. The van der Waals surface area contributed by atoms with E-state index in [0.717, 1.165) is 0 Å². The van der Waals surface area contributed by atoms with Crippen LogP contribution >= 0.6 is 0 Å². The Morgan fingerprint density at radius 2 is 1.73 bits per heavy atom. The third-order valence-corrected chi connectivity index (χ3v) is 6.09. The van der Waals surface area contributed by atoms with Crippen LogP contribution in [0.1, 0.15) is 39.2 Å². The lowest BCUT2D eigenvalue weighted by atomic mass is 9.72. The fourth-order valence-electron chi connectivity index (χ4n) is 4.36. The van der Waals surface area contributed by atoms with Crippen molar-refractivity contribution in [2.24, 2.45) is 0 Å². The molecule has 1 saturated heterocycles. The first kappa shape index (κ1) is 23.1. The Balaban J connectivity index is 1.62. The molecule has 1 aromatic carbocycles. The van der Waals surface area contributed by atoms with Crippen molar-refractivity contribution in [3.05, 3.63) is 54.1 Å². The second-order valence-corrected chi connectivity index (χ2v) is 9.34. The summed E-state index contributed by atoms with van der Waals surface area (Å²) in [6.07, 6.45) is -2.91. The molecule has 3 aromatic rings. The number of rotatable bonds is 2. The summed E-state index contributed by atoms with van der Waals surface area (Å²) < 4.78 is 62.5. The lowest BCUT2D eigenvalue weighted by Crippen LogP contribution is -2.53. The Morgan fingerprint density at radius 3 is 2.30 bits per heavy atom. The molecule has 1 aliphatic heterocycles. The molecular weight excluding hydrogens is 438 g/mol. The lowest BCUT2D eigenvalue weighted by molar-refractivity contribution is -0.202. The van der Waals surface area contributed by atoms with E-state index in [9.17, 15) is 22.4 Å². The quantitative estimate of drug-likeness (QED) is 0.461. The number of benzene rings is 1. The normalized spacial score (nSPS) is 16.8. The number of alkyl halides is 3. The predicted molar refractivity (Wildman–Crippen MR) is 116 cm³/mol. The molecule has 0 spiro atoms. The van der Waals surface area contributed by atoms with E-state index < -0.39 is 29.1 Å². The van der Waals surface area contributed by atoms with Gasteiger partial charge in [0.1, 0.15) is 11.2 Å². The van der Waals surface area contributed by atoms with Crippen LogP contribution in [-0.4, -0.2) is 45.8 Å². The summed E-state index contributed by atoms with van der Waals surface area (Å²) in [7, 11) is 0. The zero-order valence-electron chi connectivity index (χ0n) is 18.6. The maximum Gasteiger partial charge on any atom is 0.410 e. The molecule has 1 N–H and O–H groups in total. The molecule has 0 bridgehead atoms. The molecule has 2 aromatic heterocycles. The number of likely N-dealkylation sites (tertiary alicyclic amines) is 1. The smallest absolute Gasteiger partial charge is 0.410 e.